The first kappa shape index (κ1) is 16.5. The van der Waals surface area contributed by atoms with Gasteiger partial charge in [0.15, 0.2) is 0 Å². The van der Waals surface area contributed by atoms with Crippen molar-refractivity contribution in [1.29, 1.82) is 0 Å². The number of nitrogens with zero attached hydrogens (tertiary/aromatic N) is 1. The summed E-state index contributed by atoms with van der Waals surface area (Å²) in [5.41, 5.74) is 1.64. The second-order valence-electron chi connectivity index (χ2n) is 5.74. The van der Waals surface area contributed by atoms with Gasteiger partial charge in [-0.25, -0.2) is 0 Å². The van der Waals surface area contributed by atoms with Crippen LogP contribution < -0.4 is 10.2 Å². The highest BCUT2D eigenvalue weighted by Crippen LogP contribution is 2.40. The second kappa shape index (κ2) is 6.46. The number of hydrogen-bond acceptors (Lipinski definition) is 2. The Morgan fingerprint density at radius 1 is 1.19 bits per heavy atom. The molecule has 6 heteroatoms. The molecule has 0 aliphatic heterocycles. The third-order valence-corrected chi connectivity index (χ3v) is 4.46. The lowest BCUT2D eigenvalue weighted by molar-refractivity contribution is -0.184. The molecule has 1 N–H and O–H groups in total. The van der Waals surface area contributed by atoms with E-state index in [1.807, 2.05) is 37.2 Å². The second-order valence-corrected chi connectivity index (χ2v) is 6.65. The monoisotopic (exact) mass is 364 g/mol. The lowest BCUT2D eigenvalue weighted by atomic mass is 9.84. The van der Waals surface area contributed by atoms with Crippen LogP contribution in [0.25, 0.3) is 0 Å². The van der Waals surface area contributed by atoms with E-state index in [4.69, 9.17) is 0 Å². The van der Waals surface area contributed by atoms with Crippen molar-refractivity contribution in [3.05, 3.63) is 22.7 Å². The number of nitrogens with one attached hydrogen (secondary N) is 1. The van der Waals surface area contributed by atoms with Gasteiger partial charge < -0.3 is 10.2 Å². The van der Waals surface area contributed by atoms with Gasteiger partial charge in [0.2, 0.25) is 0 Å². The number of halogens is 4. The highest BCUT2D eigenvalue weighted by molar-refractivity contribution is 9.10. The zero-order valence-electron chi connectivity index (χ0n) is 12.2. The maximum absolute atomic E-state index is 13.2. The quantitative estimate of drug-likeness (QED) is 0.807. The molecule has 0 bridgehead atoms. The van der Waals surface area contributed by atoms with E-state index in [1.165, 1.54) is 0 Å². The van der Waals surface area contributed by atoms with Crippen LogP contribution in [0.15, 0.2) is 22.7 Å². The molecule has 0 heterocycles. The summed E-state index contributed by atoms with van der Waals surface area (Å²) in [5, 5.41) is 3.14. The van der Waals surface area contributed by atoms with Gasteiger partial charge in [-0.1, -0.05) is 28.8 Å². The van der Waals surface area contributed by atoms with Gasteiger partial charge in [0.05, 0.1) is 17.3 Å². The first-order valence-corrected chi connectivity index (χ1v) is 7.88. The fourth-order valence-electron chi connectivity index (χ4n) is 2.91. The van der Waals surface area contributed by atoms with Gasteiger partial charge in [0.25, 0.3) is 0 Å². The van der Waals surface area contributed by atoms with Gasteiger partial charge in [0.1, 0.15) is 0 Å². The van der Waals surface area contributed by atoms with Gasteiger partial charge in [-0.2, -0.15) is 13.2 Å². The van der Waals surface area contributed by atoms with Gasteiger partial charge in [-0.05, 0) is 31.0 Å². The Bertz CT molecular complexity index is 488. The topological polar surface area (TPSA) is 15.3 Å². The Morgan fingerprint density at radius 3 is 2.48 bits per heavy atom. The van der Waals surface area contributed by atoms with E-state index < -0.39 is 18.1 Å². The summed E-state index contributed by atoms with van der Waals surface area (Å²) in [4.78, 5) is 1.90. The van der Waals surface area contributed by atoms with Crippen molar-refractivity contribution in [2.45, 2.75) is 37.9 Å². The van der Waals surface area contributed by atoms with Crippen molar-refractivity contribution in [3.63, 3.8) is 0 Å². The lowest BCUT2D eigenvalue weighted by Gasteiger charge is -2.35. The number of rotatable bonds is 3. The molecule has 0 saturated heterocycles. The van der Waals surface area contributed by atoms with Crippen LogP contribution in [0.3, 0.4) is 0 Å². The molecule has 0 aromatic heterocycles. The van der Waals surface area contributed by atoms with Crippen molar-refractivity contribution in [2.24, 2.45) is 5.92 Å². The predicted octanol–water partition coefficient (Wildman–Crippen LogP) is 5.05. The Kier molecular flexibility index (Phi) is 5.07. The Hall–Kier alpha value is -0.910. The Morgan fingerprint density at radius 2 is 1.86 bits per heavy atom. The van der Waals surface area contributed by atoms with Crippen molar-refractivity contribution in [3.8, 4) is 0 Å². The lowest BCUT2D eigenvalue weighted by Crippen LogP contribution is -2.41. The molecule has 1 aliphatic carbocycles. The molecule has 0 amide bonds. The minimum Gasteiger partial charge on any atom is -0.380 e. The van der Waals surface area contributed by atoms with Crippen LogP contribution in [0.5, 0.6) is 0 Å². The van der Waals surface area contributed by atoms with Crippen molar-refractivity contribution in [1.82, 2.24) is 0 Å². The standard InChI is InChI=1S/C15H20BrF3N2/c1-21(2)14-8-7-10(16)9-13(14)20-12-6-4-3-5-11(12)15(17,18)19/h7-9,11-12,20H,3-6H2,1-2H3. The molecular weight excluding hydrogens is 345 g/mol. The summed E-state index contributed by atoms with van der Waals surface area (Å²) in [5.74, 6) is -1.26. The summed E-state index contributed by atoms with van der Waals surface area (Å²) < 4.78 is 40.4. The minimum absolute atomic E-state index is 0.215. The highest BCUT2D eigenvalue weighted by atomic mass is 79.9. The molecular formula is C15H20BrF3N2. The predicted molar refractivity (Wildman–Crippen MR) is 83.9 cm³/mol. The first-order valence-electron chi connectivity index (χ1n) is 7.09. The maximum Gasteiger partial charge on any atom is 0.393 e. The largest absolute Gasteiger partial charge is 0.393 e. The fourth-order valence-corrected chi connectivity index (χ4v) is 3.27. The summed E-state index contributed by atoms with van der Waals surface area (Å²) in [6.45, 7) is 0. The van der Waals surface area contributed by atoms with Gasteiger partial charge in [-0.3, -0.25) is 0 Å². The summed E-state index contributed by atoms with van der Waals surface area (Å²) >= 11 is 3.38. The zero-order chi connectivity index (χ0) is 15.6. The fraction of sp³-hybridized carbons (Fsp3) is 0.600. The molecule has 1 saturated carbocycles. The molecule has 118 valence electrons. The summed E-state index contributed by atoms with van der Waals surface area (Å²) in [6, 6.07) is 5.09. The molecule has 0 spiro atoms. The Labute approximate surface area is 131 Å². The molecule has 0 radical (unpaired) electrons. The van der Waals surface area contributed by atoms with Crippen molar-refractivity contribution >= 4 is 27.3 Å². The van der Waals surface area contributed by atoms with Crippen molar-refractivity contribution in [2.75, 3.05) is 24.3 Å². The number of alkyl halides is 3. The molecule has 1 fully saturated rings. The highest BCUT2D eigenvalue weighted by Gasteiger charge is 2.45. The molecule has 1 aromatic carbocycles. The van der Waals surface area contributed by atoms with E-state index in [0.29, 0.717) is 12.8 Å². The maximum atomic E-state index is 13.2. The van der Waals surface area contributed by atoms with E-state index in [2.05, 4.69) is 21.2 Å². The molecule has 2 nitrogen and oxygen atoms in total. The number of benzene rings is 1. The SMILES string of the molecule is CN(C)c1ccc(Br)cc1NC1CCCCC1C(F)(F)F. The van der Waals surface area contributed by atoms with Crippen LogP contribution in [-0.4, -0.2) is 26.3 Å². The first-order chi connectivity index (χ1) is 9.79. The minimum atomic E-state index is -4.14. The number of hydrogen-bond donors (Lipinski definition) is 1. The normalized spacial score (nSPS) is 23.0. The third-order valence-electron chi connectivity index (χ3n) is 3.97. The number of anilines is 2. The smallest absolute Gasteiger partial charge is 0.380 e. The van der Waals surface area contributed by atoms with Crippen LogP contribution in [0.2, 0.25) is 0 Å². The van der Waals surface area contributed by atoms with E-state index in [1.54, 1.807) is 0 Å². The average Bonchev–Trinajstić information content (AvgIpc) is 2.37. The molecule has 1 aliphatic rings. The van der Waals surface area contributed by atoms with E-state index in [9.17, 15) is 13.2 Å². The summed E-state index contributed by atoms with van der Waals surface area (Å²) in [7, 11) is 3.77. The molecule has 2 rings (SSSR count). The Balaban J connectivity index is 2.25. The van der Waals surface area contributed by atoms with Crippen LogP contribution in [-0.2, 0) is 0 Å². The van der Waals surface area contributed by atoms with E-state index >= 15 is 0 Å². The summed E-state index contributed by atoms with van der Waals surface area (Å²) in [6.07, 6.45) is -1.87. The van der Waals surface area contributed by atoms with Crippen LogP contribution >= 0.6 is 15.9 Å². The molecule has 2 atom stereocenters. The average molecular weight is 365 g/mol. The molecule has 2 unspecified atom stereocenters. The van der Waals surface area contributed by atoms with Gasteiger partial charge in [0, 0.05) is 24.6 Å². The van der Waals surface area contributed by atoms with Crippen molar-refractivity contribution < 1.29 is 13.2 Å². The van der Waals surface area contributed by atoms with Crippen LogP contribution in [0.4, 0.5) is 24.5 Å². The van der Waals surface area contributed by atoms with Gasteiger partial charge in [-0.15, -0.1) is 0 Å². The molecule has 1 aromatic rings. The van der Waals surface area contributed by atoms with E-state index in [0.717, 1.165) is 22.3 Å². The third kappa shape index (κ3) is 4.05. The zero-order valence-corrected chi connectivity index (χ0v) is 13.8. The van der Waals surface area contributed by atoms with E-state index in [-0.39, 0.29) is 6.42 Å². The van der Waals surface area contributed by atoms with Gasteiger partial charge >= 0.3 is 6.18 Å². The van der Waals surface area contributed by atoms with Crippen LogP contribution in [0.1, 0.15) is 25.7 Å². The van der Waals surface area contributed by atoms with Crippen LogP contribution in [0, 0.1) is 5.92 Å². The molecule has 21 heavy (non-hydrogen) atoms.